The number of hydrogen-bond donors (Lipinski definition) is 1. The standard InChI is InChI=1S/C23H31Cl2NO6/c1-6-30-19(27)18(20(28)31-7-2)23(14-8-9-16(24)17(25)12-14)11-10-15(13-23)26-21(29)32-22(3,4)5/h8-9,12,15,18H,6-7,10-11,13H2,1-5H3,(H,26,29)/t15-,23-/m0/s1. The maximum absolute atomic E-state index is 13.0. The fraction of sp³-hybridized carbons (Fsp3) is 0.609. The van der Waals surface area contributed by atoms with Crippen molar-refractivity contribution in [2.24, 2.45) is 5.92 Å². The molecule has 178 valence electrons. The molecule has 0 heterocycles. The number of alkyl carbamates (subject to hydrolysis) is 1. The Hall–Kier alpha value is -1.99. The first kappa shape index (κ1) is 26.3. The molecule has 1 saturated carbocycles. The van der Waals surface area contributed by atoms with E-state index in [1.54, 1.807) is 52.8 Å². The summed E-state index contributed by atoms with van der Waals surface area (Å²) in [6, 6.07) is 4.70. The van der Waals surface area contributed by atoms with E-state index in [0.717, 1.165) is 0 Å². The number of ether oxygens (including phenoxy) is 3. The average Bonchev–Trinajstić information content (AvgIpc) is 3.07. The summed E-state index contributed by atoms with van der Waals surface area (Å²) in [6.45, 7) is 8.91. The lowest BCUT2D eigenvalue weighted by Crippen LogP contribution is -2.46. The van der Waals surface area contributed by atoms with Crippen molar-refractivity contribution >= 4 is 41.2 Å². The Balaban J connectivity index is 2.48. The summed E-state index contributed by atoms with van der Waals surface area (Å²) in [5.74, 6) is -2.56. The summed E-state index contributed by atoms with van der Waals surface area (Å²) in [7, 11) is 0. The lowest BCUT2D eigenvalue weighted by atomic mass is 9.68. The van der Waals surface area contributed by atoms with Crippen LogP contribution >= 0.6 is 23.2 Å². The van der Waals surface area contributed by atoms with Crippen LogP contribution in [0, 0.1) is 5.92 Å². The van der Waals surface area contributed by atoms with E-state index in [4.69, 9.17) is 37.4 Å². The molecule has 0 unspecified atom stereocenters. The van der Waals surface area contributed by atoms with Crippen molar-refractivity contribution in [3.8, 4) is 0 Å². The fourth-order valence-electron chi connectivity index (χ4n) is 4.17. The highest BCUT2D eigenvalue weighted by Crippen LogP contribution is 2.49. The molecule has 1 aromatic carbocycles. The number of carbonyl (C=O) groups excluding carboxylic acids is 3. The maximum Gasteiger partial charge on any atom is 0.407 e. The molecule has 1 amide bonds. The molecule has 0 spiro atoms. The molecule has 0 aliphatic heterocycles. The summed E-state index contributed by atoms with van der Waals surface area (Å²) in [4.78, 5) is 38.3. The number of carbonyl (C=O) groups is 3. The molecular formula is C23H31Cl2NO6. The molecule has 1 N–H and O–H groups in total. The number of hydrogen-bond acceptors (Lipinski definition) is 6. The quantitative estimate of drug-likeness (QED) is 0.328. The molecular weight excluding hydrogens is 457 g/mol. The van der Waals surface area contributed by atoms with Gasteiger partial charge in [-0.15, -0.1) is 0 Å². The van der Waals surface area contributed by atoms with Crippen LogP contribution in [0.1, 0.15) is 59.4 Å². The van der Waals surface area contributed by atoms with E-state index < -0.39 is 35.0 Å². The van der Waals surface area contributed by atoms with Crippen molar-refractivity contribution in [2.75, 3.05) is 13.2 Å². The van der Waals surface area contributed by atoms with Crippen LogP contribution in [0.3, 0.4) is 0 Å². The van der Waals surface area contributed by atoms with Crippen LogP contribution in [0.2, 0.25) is 10.0 Å². The molecule has 9 heteroatoms. The van der Waals surface area contributed by atoms with Crippen molar-refractivity contribution in [1.82, 2.24) is 5.32 Å². The molecule has 0 radical (unpaired) electrons. The van der Waals surface area contributed by atoms with Gasteiger partial charge in [0.2, 0.25) is 0 Å². The first-order valence-electron chi connectivity index (χ1n) is 10.7. The second-order valence-electron chi connectivity index (χ2n) is 8.81. The van der Waals surface area contributed by atoms with Gasteiger partial charge in [0.15, 0.2) is 5.92 Å². The van der Waals surface area contributed by atoms with Crippen LogP contribution in [0.4, 0.5) is 4.79 Å². The third-order valence-corrected chi connectivity index (χ3v) is 6.10. The predicted molar refractivity (Wildman–Crippen MR) is 122 cm³/mol. The first-order valence-corrected chi connectivity index (χ1v) is 11.5. The summed E-state index contributed by atoms with van der Waals surface area (Å²) in [5, 5.41) is 3.52. The van der Waals surface area contributed by atoms with Gasteiger partial charge < -0.3 is 19.5 Å². The van der Waals surface area contributed by atoms with Gasteiger partial charge in [0.25, 0.3) is 0 Å². The van der Waals surface area contributed by atoms with Crippen LogP contribution in [0.5, 0.6) is 0 Å². The van der Waals surface area contributed by atoms with Crippen LogP contribution < -0.4 is 5.32 Å². The summed E-state index contributed by atoms with van der Waals surface area (Å²) in [6.07, 6.45) is 0.686. The third-order valence-electron chi connectivity index (χ3n) is 5.36. The Morgan fingerprint density at radius 2 is 1.69 bits per heavy atom. The molecule has 1 aromatic rings. The normalized spacial score (nSPS) is 20.7. The molecule has 7 nitrogen and oxygen atoms in total. The van der Waals surface area contributed by atoms with Crippen LogP contribution in [0.25, 0.3) is 0 Å². The van der Waals surface area contributed by atoms with Gasteiger partial charge in [0.05, 0.1) is 23.3 Å². The highest BCUT2D eigenvalue weighted by Gasteiger charge is 2.54. The van der Waals surface area contributed by atoms with Crippen molar-refractivity contribution in [2.45, 2.75) is 70.9 Å². The average molecular weight is 488 g/mol. The van der Waals surface area contributed by atoms with Crippen molar-refractivity contribution in [1.29, 1.82) is 0 Å². The number of esters is 2. The lowest BCUT2D eigenvalue weighted by molar-refractivity contribution is -0.165. The van der Waals surface area contributed by atoms with Gasteiger partial charge in [0.1, 0.15) is 5.60 Å². The van der Waals surface area contributed by atoms with Gasteiger partial charge in [-0.25, -0.2) is 4.79 Å². The van der Waals surface area contributed by atoms with Gasteiger partial charge in [-0.1, -0.05) is 29.3 Å². The highest BCUT2D eigenvalue weighted by molar-refractivity contribution is 6.42. The second kappa shape index (κ2) is 10.8. The zero-order chi connectivity index (χ0) is 24.1. The number of nitrogens with one attached hydrogen (secondary N) is 1. The summed E-state index contributed by atoms with van der Waals surface area (Å²) >= 11 is 12.4. The van der Waals surface area contributed by atoms with Crippen LogP contribution in [0.15, 0.2) is 18.2 Å². The van der Waals surface area contributed by atoms with Gasteiger partial charge in [-0.05, 0) is 71.6 Å². The smallest absolute Gasteiger partial charge is 0.407 e. The Kier molecular flexibility index (Phi) is 8.82. The van der Waals surface area contributed by atoms with Crippen LogP contribution in [-0.2, 0) is 29.2 Å². The minimum Gasteiger partial charge on any atom is -0.465 e. The van der Waals surface area contributed by atoms with Gasteiger partial charge in [-0.3, -0.25) is 9.59 Å². The fourth-order valence-corrected chi connectivity index (χ4v) is 4.47. The number of benzene rings is 1. The Morgan fingerprint density at radius 1 is 1.09 bits per heavy atom. The van der Waals surface area contributed by atoms with Crippen molar-refractivity contribution < 1.29 is 28.6 Å². The van der Waals surface area contributed by atoms with E-state index >= 15 is 0 Å². The molecule has 2 rings (SSSR count). The molecule has 2 atom stereocenters. The molecule has 1 aliphatic rings. The van der Waals surface area contributed by atoms with E-state index in [1.165, 1.54) is 0 Å². The van der Waals surface area contributed by atoms with Gasteiger partial charge in [-0.2, -0.15) is 0 Å². The van der Waals surface area contributed by atoms with Crippen LogP contribution in [-0.4, -0.2) is 42.9 Å². The van der Waals surface area contributed by atoms with E-state index in [1.807, 2.05) is 0 Å². The van der Waals surface area contributed by atoms with E-state index in [0.29, 0.717) is 34.9 Å². The molecule has 0 saturated heterocycles. The van der Waals surface area contributed by atoms with Gasteiger partial charge in [0, 0.05) is 11.5 Å². The lowest BCUT2D eigenvalue weighted by Gasteiger charge is -2.35. The summed E-state index contributed by atoms with van der Waals surface area (Å²) in [5.41, 5.74) is -0.986. The maximum atomic E-state index is 13.0. The largest absolute Gasteiger partial charge is 0.465 e. The number of amides is 1. The topological polar surface area (TPSA) is 90.9 Å². The Bertz CT molecular complexity index is 835. The monoisotopic (exact) mass is 487 g/mol. The van der Waals surface area contributed by atoms with E-state index in [2.05, 4.69) is 5.32 Å². The molecule has 1 aliphatic carbocycles. The highest BCUT2D eigenvalue weighted by atomic mass is 35.5. The number of halogens is 2. The number of rotatable bonds is 7. The minimum absolute atomic E-state index is 0.117. The molecule has 0 bridgehead atoms. The summed E-state index contributed by atoms with van der Waals surface area (Å²) < 4.78 is 15.9. The molecule has 1 fully saturated rings. The Labute approximate surface area is 199 Å². The second-order valence-corrected chi connectivity index (χ2v) is 9.62. The first-order chi connectivity index (χ1) is 14.9. The Morgan fingerprint density at radius 3 is 2.19 bits per heavy atom. The molecule has 32 heavy (non-hydrogen) atoms. The SMILES string of the molecule is CCOC(=O)C(C(=O)OCC)[C@@]1(c2ccc(Cl)c(Cl)c2)CC[C@H](NC(=O)OC(C)(C)C)C1. The van der Waals surface area contributed by atoms with Gasteiger partial charge >= 0.3 is 18.0 Å². The minimum atomic E-state index is -1.22. The predicted octanol–water partition coefficient (Wildman–Crippen LogP) is 5.05. The zero-order valence-electron chi connectivity index (χ0n) is 19.1. The van der Waals surface area contributed by atoms with Crippen molar-refractivity contribution in [3.63, 3.8) is 0 Å². The molecule has 0 aromatic heterocycles. The third kappa shape index (κ3) is 6.29. The zero-order valence-corrected chi connectivity index (χ0v) is 20.6. The van der Waals surface area contributed by atoms with Crippen molar-refractivity contribution in [3.05, 3.63) is 33.8 Å². The van der Waals surface area contributed by atoms with E-state index in [-0.39, 0.29) is 19.3 Å². The van der Waals surface area contributed by atoms with E-state index in [9.17, 15) is 14.4 Å².